The lowest BCUT2D eigenvalue weighted by Gasteiger charge is -2.29. The summed E-state index contributed by atoms with van der Waals surface area (Å²) < 4.78 is 0. The summed E-state index contributed by atoms with van der Waals surface area (Å²) in [4.78, 5) is 4.23. The Kier molecular flexibility index (Phi) is 4.95. The van der Waals surface area contributed by atoms with Crippen molar-refractivity contribution in [3.8, 4) is 0 Å². The molecule has 0 fully saturated rings. The van der Waals surface area contributed by atoms with Gasteiger partial charge >= 0.3 is 0 Å². The maximum absolute atomic E-state index is 6.18. The lowest BCUT2D eigenvalue weighted by molar-refractivity contribution is 0.439. The van der Waals surface area contributed by atoms with Crippen molar-refractivity contribution < 1.29 is 0 Å². The second kappa shape index (κ2) is 6.74. The van der Waals surface area contributed by atoms with Gasteiger partial charge in [0.15, 0.2) is 0 Å². The number of nitrogens with one attached hydrogen (secondary N) is 1. The molecule has 0 saturated carbocycles. The monoisotopic (exact) mass is 337 g/mol. The molecule has 1 aromatic carbocycles. The highest BCUT2D eigenvalue weighted by Gasteiger charge is 2.22. The standard InChI is InChI=1S/C17H20ClNS2/c1-11(9-14-5-3-12(2)21-14)19-16-7-8-20-17-6-4-13(18)10-15(16)17/h3-6,10-11,16,19H,7-9H2,1-2H3. The normalized spacial score (nSPS) is 19.3. The maximum atomic E-state index is 6.18. The zero-order valence-corrected chi connectivity index (χ0v) is 14.7. The van der Waals surface area contributed by atoms with E-state index >= 15 is 0 Å². The molecule has 0 radical (unpaired) electrons. The number of hydrogen-bond donors (Lipinski definition) is 1. The van der Waals surface area contributed by atoms with E-state index < -0.39 is 0 Å². The number of benzene rings is 1. The lowest BCUT2D eigenvalue weighted by Crippen LogP contribution is -2.33. The average molecular weight is 338 g/mol. The molecule has 0 spiro atoms. The quantitative estimate of drug-likeness (QED) is 0.794. The molecule has 2 heterocycles. The molecular weight excluding hydrogens is 318 g/mol. The summed E-state index contributed by atoms with van der Waals surface area (Å²) in [5.74, 6) is 1.18. The first kappa shape index (κ1) is 15.4. The molecule has 1 nitrogen and oxygen atoms in total. The molecule has 1 aliphatic rings. The number of fused-ring (bicyclic) bond motifs is 1. The van der Waals surface area contributed by atoms with Crippen LogP contribution in [-0.2, 0) is 6.42 Å². The summed E-state index contributed by atoms with van der Waals surface area (Å²) in [6.45, 7) is 4.45. The summed E-state index contributed by atoms with van der Waals surface area (Å²) in [5.41, 5.74) is 1.37. The number of hydrogen-bond acceptors (Lipinski definition) is 3. The molecule has 21 heavy (non-hydrogen) atoms. The second-order valence-electron chi connectivity index (χ2n) is 5.66. The van der Waals surface area contributed by atoms with Gasteiger partial charge in [-0.3, -0.25) is 0 Å². The molecule has 0 bridgehead atoms. The molecule has 0 aliphatic carbocycles. The van der Waals surface area contributed by atoms with E-state index in [2.05, 4.69) is 43.4 Å². The smallest absolute Gasteiger partial charge is 0.0410 e. The van der Waals surface area contributed by atoms with Crippen molar-refractivity contribution in [3.05, 3.63) is 50.7 Å². The molecule has 1 aromatic heterocycles. The SMILES string of the molecule is Cc1ccc(CC(C)NC2CCSc3ccc(Cl)cc32)s1. The molecule has 112 valence electrons. The topological polar surface area (TPSA) is 12.0 Å². The minimum Gasteiger partial charge on any atom is -0.307 e. The van der Waals surface area contributed by atoms with Crippen LogP contribution in [0.4, 0.5) is 0 Å². The van der Waals surface area contributed by atoms with Gasteiger partial charge in [-0.25, -0.2) is 0 Å². The van der Waals surface area contributed by atoms with Gasteiger partial charge in [-0.15, -0.1) is 23.1 Å². The Hall–Kier alpha value is -0.480. The van der Waals surface area contributed by atoms with Gasteiger partial charge in [0.1, 0.15) is 0 Å². The van der Waals surface area contributed by atoms with E-state index in [4.69, 9.17) is 11.6 Å². The van der Waals surface area contributed by atoms with E-state index in [1.54, 1.807) is 0 Å². The number of halogens is 1. The minimum absolute atomic E-state index is 0.427. The first-order chi connectivity index (χ1) is 10.1. The molecule has 2 atom stereocenters. The van der Waals surface area contributed by atoms with Gasteiger partial charge in [0, 0.05) is 31.8 Å². The predicted molar refractivity (Wildman–Crippen MR) is 94.9 cm³/mol. The first-order valence-corrected chi connectivity index (χ1v) is 9.53. The summed E-state index contributed by atoms with van der Waals surface area (Å²) in [6.07, 6.45) is 2.27. The van der Waals surface area contributed by atoms with E-state index in [1.165, 1.54) is 32.4 Å². The molecule has 2 aromatic rings. The van der Waals surface area contributed by atoms with Crippen LogP contribution in [0.25, 0.3) is 0 Å². The predicted octanol–water partition coefficient (Wildman–Crippen LogP) is 5.47. The van der Waals surface area contributed by atoms with Gasteiger partial charge in [-0.2, -0.15) is 0 Å². The van der Waals surface area contributed by atoms with Crippen LogP contribution in [0, 0.1) is 6.92 Å². The summed E-state index contributed by atoms with van der Waals surface area (Å²) in [5, 5.41) is 4.63. The lowest BCUT2D eigenvalue weighted by atomic mass is 10.0. The zero-order chi connectivity index (χ0) is 14.8. The van der Waals surface area contributed by atoms with Gasteiger partial charge in [-0.05, 0) is 68.3 Å². The minimum atomic E-state index is 0.427. The Bertz CT molecular complexity index is 623. The summed E-state index contributed by atoms with van der Waals surface area (Å²) in [6, 6.07) is 11.6. The van der Waals surface area contributed by atoms with Crippen molar-refractivity contribution in [2.24, 2.45) is 0 Å². The fourth-order valence-electron chi connectivity index (χ4n) is 2.84. The van der Waals surface area contributed by atoms with Crippen LogP contribution >= 0.6 is 34.7 Å². The van der Waals surface area contributed by atoms with Crippen molar-refractivity contribution in [1.82, 2.24) is 5.32 Å². The second-order valence-corrected chi connectivity index (χ2v) is 8.60. The third-order valence-corrected chi connectivity index (χ3v) is 6.18. The molecule has 0 amide bonds. The van der Waals surface area contributed by atoms with Crippen molar-refractivity contribution in [2.45, 2.75) is 43.7 Å². The van der Waals surface area contributed by atoms with Crippen molar-refractivity contribution in [3.63, 3.8) is 0 Å². The Morgan fingerprint density at radius 3 is 2.95 bits per heavy atom. The number of thioether (sulfide) groups is 1. The maximum Gasteiger partial charge on any atom is 0.0410 e. The molecule has 1 aliphatic heterocycles. The van der Waals surface area contributed by atoms with Gasteiger partial charge < -0.3 is 5.32 Å². The molecule has 0 saturated heterocycles. The van der Waals surface area contributed by atoms with Gasteiger partial charge in [0.05, 0.1) is 0 Å². The van der Waals surface area contributed by atoms with E-state index in [-0.39, 0.29) is 0 Å². The number of thiophene rings is 1. The third kappa shape index (κ3) is 3.84. The van der Waals surface area contributed by atoms with Gasteiger partial charge in [-0.1, -0.05) is 11.6 Å². The largest absolute Gasteiger partial charge is 0.307 e. The van der Waals surface area contributed by atoms with Crippen LogP contribution in [0.15, 0.2) is 35.2 Å². The number of rotatable bonds is 4. The Labute approximate surface area is 140 Å². The van der Waals surface area contributed by atoms with Crippen molar-refractivity contribution in [1.29, 1.82) is 0 Å². The van der Waals surface area contributed by atoms with Crippen LogP contribution in [0.2, 0.25) is 5.02 Å². The van der Waals surface area contributed by atoms with Crippen LogP contribution < -0.4 is 5.32 Å². The first-order valence-electron chi connectivity index (χ1n) is 7.35. The summed E-state index contributed by atoms with van der Waals surface area (Å²) >= 11 is 10.0. The Morgan fingerprint density at radius 2 is 2.19 bits per heavy atom. The molecule has 1 N–H and O–H groups in total. The molecule has 2 unspecified atom stereocenters. The van der Waals surface area contributed by atoms with E-state index in [0.29, 0.717) is 12.1 Å². The van der Waals surface area contributed by atoms with Gasteiger partial charge in [0.25, 0.3) is 0 Å². The van der Waals surface area contributed by atoms with Crippen LogP contribution in [0.1, 0.15) is 34.7 Å². The Balaban J connectivity index is 1.69. The van der Waals surface area contributed by atoms with E-state index in [1.807, 2.05) is 29.2 Å². The van der Waals surface area contributed by atoms with Gasteiger partial charge in [0.2, 0.25) is 0 Å². The molecule has 3 rings (SSSR count). The summed E-state index contributed by atoms with van der Waals surface area (Å²) in [7, 11) is 0. The number of aryl methyl sites for hydroxylation is 1. The highest BCUT2D eigenvalue weighted by atomic mass is 35.5. The van der Waals surface area contributed by atoms with E-state index in [9.17, 15) is 0 Å². The highest BCUT2D eigenvalue weighted by Crippen LogP contribution is 2.37. The molecular formula is C17H20ClNS2. The Morgan fingerprint density at radius 1 is 1.33 bits per heavy atom. The molecule has 4 heteroatoms. The fraction of sp³-hybridized carbons (Fsp3) is 0.412. The highest BCUT2D eigenvalue weighted by molar-refractivity contribution is 7.99. The fourth-order valence-corrected chi connectivity index (χ4v) is 5.14. The van der Waals surface area contributed by atoms with Crippen molar-refractivity contribution in [2.75, 3.05) is 5.75 Å². The zero-order valence-electron chi connectivity index (χ0n) is 12.4. The van der Waals surface area contributed by atoms with E-state index in [0.717, 1.165) is 11.4 Å². The van der Waals surface area contributed by atoms with Crippen LogP contribution in [0.5, 0.6) is 0 Å². The van der Waals surface area contributed by atoms with Crippen molar-refractivity contribution >= 4 is 34.7 Å². The van der Waals surface area contributed by atoms with Crippen LogP contribution in [-0.4, -0.2) is 11.8 Å². The van der Waals surface area contributed by atoms with Crippen LogP contribution in [0.3, 0.4) is 0 Å². The third-order valence-electron chi connectivity index (χ3n) is 3.80. The average Bonchev–Trinajstić information content (AvgIpc) is 2.84.